The van der Waals surface area contributed by atoms with Crippen molar-refractivity contribution in [3.05, 3.63) is 29.3 Å². The maximum Gasteiger partial charge on any atom is 0.219 e. The third-order valence-electron chi connectivity index (χ3n) is 3.42. The van der Waals surface area contributed by atoms with E-state index in [2.05, 4.69) is 4.90 Å². The summed E-state index contributed by atoms with van der Waals surface area (Å²) in [5.41, 5.74) is 2.97. The van der Waals surface area contributed by atoms with Crippen molar-refractivity contribution in [1.29, 1.82) is 0 Å². The molecule has 0 N–H and O–H groups in total. The topological polar surface area (TPSA) is 40.6 Å². The van der Waals surface area contributed by atoms with Gasteiger partial charge in [0.2, 0.25) is 5.91 Å². The Morgan fingerprint density at radius 3 is 2.39 bits per heavy atom. The first-order valence-electron chi connectivity index (χ1n) is 6.18. The van der Waals surface area contributed by atoms with E-state index in [9.17, 15) is 9.59 Å². The van der Waals surface area contributed by atoms with Crippen molar-refractivity contribution >= 4 is 17.9 Å². The minimum atomic E-state index is 0.141. The van der Waals surface area contributed by atoms with E-state index < -0.39 is 0 Å². The van der Waals surface area contributed by atoms with Gasteiger partial charge in [0.1, 0.15) is 6.29 Å². The van der Waals surface area contributed by atoms with Crippen LogP contribution in [0.2, 0.25) is 0 Å². The third kappa shape index (κ3) is 2.53. The van der Waals surface area contributed by atoms with Crippen LogP contribution in [0.5, 0.6) is 0 Å². The first-order valence-corrected chi connectivity index (χ1v) is 6.18. The molecule has 0 aromatic heterocycles. The Balaban J connectivity index is 2.10. The molecule has 0 aliphatic carbocycles. The molecule has 1 heterocycles. The van der Waals surface area contributed by atoms with Crippen molar-refractivity contribution in [2.45, 2.75) is 13.8 Å². The van der Waals surface area contributed by atoms with Gasteiger partial charge in [0.15, 0.2) is 0 Å². The second-order valence-corrected chi connectivity index (χ2v) is 4.66. The number of amides is 1. The van der Waals surface area contributed by atoms with Crippen LogP contribution in [0.25, 0.3) is 0 Å². The predicted molar refractivity (Wildman–Crippen MR) is 71.0 cm³/mol. The third-order valence-corrected chi connectivity index (χ3v) is 3.42. The van der Waals surface area contributed by atoms with Crippen LogP contribution in [-0.4, -0.2) is 43.3 Å². The van der Waals surface area contributed by atoms with Gasteiger partial charge in [-0.2, -0.15) is 0 Å². The van der Waals surface area contributed by atoms with E-state index in [0.717, 1.165) is 43.7 Å². The van der Waals surface area contributed by atoms with Crippen LogP contribution >= 0.6 is 0 Å². The highest BCUT2D eigenvalue weighted by Crippen LogP contribution is 2.22. The summed E-state index contributed by atoms with van der Waals surface area (Å²) in [6.07, 6.45) is 0.866. The molecule has 1 aliphatic heterocycles. The highest BCUT2D eigenvalue weighted by Gasteiger charge is 2.19. The van der Waals surface area contributed by atoms with Crippen LogP contribution in [0.1, 0.15) is 22.8 Å². The number of hydrogen-bond donors (Lipinski definition) is 0. The molecular weight excluding hydrogens is 228 g/mol. The molecule has 0 radical (unpaired) electrons. The minimum Gasteiger partial charge on any atom is -0.368 e. The summed E-state index contributed by atoms with van der Waals surface area (Å²) in [5.74, 6) is 0.141. The summed E-state index contributed by atoms with van der Waals surface area (Å²) in [5, 5.41) is 0. The molecule has 1 amide bonds. The Labute approximate surface area is 107 Å². The van der Waals surface area contributed by atoms with Gasteiger partial charge in [0.05, 0.1) is 0 Å². The number of nitrogens with zero attached hydrogens (tertiary/aromatic N) is 2. The Bertz CT molecular complexity index is 463. The first-order chi connectivity index (χ1) is 8.61. The van der Waals surface area contributed by atoms with Crippen molar-refractivity contribution in [2.75, 3.05) is 31.1 Å². The fourth-order valence-corrected chi connectivity index (χ4v) is 2.37. The van der Waals surface area contributed by atoms with E-state index in [1.807, 2.05) is 30.0 Å². The molecule has 0 spiro atoms. The molecule has 4 nitrogen and oxygen atoms in total. The Morgan fingerprint density at radius 2 is 1.89 bits per heavy atom. The van der Waals surface area contributed by atoms with Crippen LogP contribution < -0.4 is 4.90 Å². The van der Waals surface area contributed by atoms with Crippen molar-refractivity contribution in [2.24, 2.45) is 0 Å². The van der Waals surface area contributed by atoms with Crippen molar-refractivity contribution in [3.63, 3.8) is 0 Å². The number of rotatable bonds is 2. The molecule has 1 fully saturated rings. The number of carbonyl (C=O) groups is 2. The number of piperazine rings is 1. The van der Waals surface area contributed by atoms with E-state index in [1.165, 1.54) is 0 Å². The number of benzene rings is 1. The van der Waals surface area contributed by atoms with Gasteiger partial charge in [-0.1, -0.05) is 0 Å². The van der Waals surface area contributed by atoms with Crippen molar-refractivity contribution in [3.8, 4) is 0 Å². The lowest BCUT2D eigenvalue weighted by Gasteiger charge is -2.36. The number of aryl methyl sites for hydroxylation is 1. The van der Waals surface area contributed by atoms with Crippen molar-refractivity contribution < 1.29 is 9.59 Å². The standard InChI is InChI=1S/C14H18N2O2/c1-11-9-13(10-17)3-4-14(11)16-7-5-15(6-8-16)12(2)18/h3-4,9-10H,5-8H2,1-2H3. The van der Waals surface area contributed by atoms with Crippen LogP contribution in [-0.2, 0) is 4.79 Å². The van der Waals surface area contributed by atoms with Gasteiger partial charge in [-0.15, -0.1) is 0 Å². The lowest BCUT2D eigenvalue weighted by Crippen LogP contribution is -2.48. The summed E-state index contributed by atoms with van der Waals surface area (Å²) < 4.78 is 0. The summed E-state index contributed by atoms with van der Waals surface area (Å²) in [6, 6.07) is 5.73. The maximum atomic E-state index is 11.3. The first kappa shape index (κ1) is 12.6. The highest BCUT2D eigenvalue weighted by molar-refractivity contribution is 5.77. The average Bonchev–Trinajstić information content (AvgIpc) is 2.38. The van der Waals surface area contributed by atoms with E-state index in [-0.39, 0.29) is 5.91 Å². The molecular formula is C14H18N2O2. The van der Waals surface area contributed by atoms with E-state index in [0.29, 0.717) is 5.56 Å². The fraction of sp³-hybridized carbons (Fsp3) is 0.429. The lowest BCUT2D eigenvalue weighted by molar-refractivity contribution is -0.129. The van der Waals surface area contributed by atoms with Gasteiger partial charge < -0.3 is 9.80 Å². The monoisotopic (exact) mass is 246 g/mol. The molecule has 1 aromatic carbocycles. The number of carbonyl (C=O) groups excluding carboxylic acids is 2. The molecule has 0 atom stereocenters. The molecule has 4 heteroatoms. The van der Waals surface area contributed by atoms with Crippen LogP contribution in [0.4, 0.5) is 5.69 Å². The van der Waals surface area contributed by atoms with Gasteiger partial charge in [-0.25, -0.2) is 0 Å². The van der Waals surface area contributed by atoms with Crippen LogP contribution in [0.15, 0.2) is 18.2 Å². The molecule has 1 aromatic rings. The van der Waals surface area contributed by atoms with Gasteiger partial charge in [0.25, 0.3) is 0 Å². The fourth-order valence-electron chi connectivity index (χ4n) is 2.37. The highest BCUT2D eigenvalue weighted by atomic mass is 16.2. The summed E-state index contributed by atoms with van der Waals surface area (Å²) in [4.78, 5) is 26.1. The van der Waals surface area contributed by atoms with E-state index >= 15 is 0 Å². The zero-order valence-corrected chi connectivity index (χ0v) is 10.8. The predicted octanol–water partition coefficient (Wildman–Crippen LogP) is 1.48. The zero-order valence-electron chi connectivity index (χ0n) is 10.8. The molecule has 2 rings (SSSR count). The van der Waals surface area contributed by atoms with Crippen LogP contribution in [0.3, 0.4) is 0 Å². The second kappa shape index (κ2) is 5.21. The van der Waals surface area contributed by atoms with Crippen LogP contribution in [0, 0.1) is 6.92 Å². The second-order valence-electron chi connectivity index (χ2n) is 4.66. The van der Waals surface area contributed by atoms with Gasteiger partial charge in [0, 0.05) is 44.4 Å². The quantitative estimate of drug-likeness (QED) is 0.742. The van der Waals surface area contributed by atoms with Gasteiger partial charge >= 0.3 is 0 Å². The Kier molecular flexibility index (Phi) is 3.65. The number of hydrogen-bond acceptors (Lipinski definition) is 3. The minimum absolute atomic E-state index is 0.141. The summed E-state index contributed by atoms with van der Waals surface area (Å²) in [7, 11) is 0. The van der Waals surface area contributed by atoms with Crippen molar-refractivity contribution in [1.82, 2.24) is 4.90 Å². The van der Waals surface area contributed by atoms with E-state index in [4.69, 9.17) is 0 Å². The molecule has 1 saturated heterocycles. The summed E-state index contributed by atoms with van der Waals surface area (Å²) in [6.45, 7) is 6.86. The Hall–Kier alpha value is -1.84. The number of anilines is 1. The largest absolute Gasteiger partial charge is 0.368 e. The molecule has 1 aliphatic rings. The SMILES string of the molecule is CC(=O)N1CCN(c2ccc(C=O)cc2C)CC1. The maximum absolute atomic E-state index is 11.3. The molecule has 0 unspecified atom stereocenters. The Morgan fingerprint density at radius 1 is 1.22 bits per heavy atom. The molecule has 0 bridgehead atoms. The lowest BCUT2D eigenvalue weighted by atomic mass is 10.1. The molecule has 0 saturated carbocycles. The summed E-state index contributed by atoms with van der Waals surface area (Å²) >= 11 is 0. The molecule has 96 valence electrons. The zero-order chi connectivity index (χ0) is 13.1. The van der Waals surface area contributed by atoms with E-state index in [1.54, 1.807) is 6.92 Å². The van der Waals surface area contributed by atoms with Gasteiger partial charge in [-0.05, 0) is 30.7 Å². The smallest absolute Gasteiger partial charge is 0.219 e. The molecule has 18 heavy (non-hydrogen) atoms. The average molecular weight is 246 g/mol. The normalized spacial score (nSPS) is 15.7. The number of aldehydes is 1. The van der Waals surface area contributed by atoms with Gasteiger partial charge in [-0.3, -0.25) is 9.59 Å².